The summed E-state index contributed by atoms with van der Waals surface area (Å²) in [6.07, 6.45) is 2.21. The highest BCUT2D eigenvalue weighted by atomic mass is 35.5. The summed E-state index contributed by atoms with van der Waals surface area (Å²) in [5.74, 6) is -0.775. The average molecular weight is 414 g/mol. The van der Waals surface area contributed by atoms with E-state index >= 15 is 0 Å². The molecule has 0 spiro atoms. The van der Waals surface area contributed by atoms with E-state index in [4.69, 9.17) is 10.5 Å². The number of carbonyl (C=O) groups excluding carboxylic acids is 3. The lowest BCUT2D eigenvalue weighted by atomic mass is 10.0. The molecule has 0 aromatic heterocycles. The van der Waals surface area contributed by atoms with E-state index < -0.39 is 11.9 Å². The maximum absolute atomic E-state index is 12.5. The molecule has 2 rings (SSSR count). The molecule has 1 aliphatic heterocycles. The first kappa shape index (κ1) is 23.7. The van der Waals surface area contributed by atoms with Crippen LogP contribution in [-0.2, 0) is 14.3 Å². The standard InChI is InChI=1S/C19H27N3O5.ClH/c1-26-17(23)11-13-10-14(22-18(13)24)12-21-19(25)15-6-2-3-7-16(15)27-9-5-4-8-20;/h2-3,6-7,13-14H,4-5,8-12,20H2,1H3,(H,21,25)(H,22,24);1H/t13-,14-;/m0./s1. The topological polar surface area (TPSA) is 120 Å². The van der Waals surface area contributed by atoms with E-state index in [1.807, 2.05) is 6.07 Å². The Kier molecular flexibility index (Phi) is 10.3. The molecule has 0 radical (unpaired) electrons. The van der Waals surface area contributed by atoms with Gasteiger partial charge in [-0.2, -0.15) is 0 Å². The Morgan fingerprint density at radius 1 is 1.29 bits per heavy atom. The molecule has 9 heteroatoms. The van der Waals surface area contributed by atoms with Crippen LogP contribution in [0.5, 0.6) is 5.75 Å². The average Bonchev–Trinajstić information content (AvgIpc) is 3.02. The normalized spacial score (nSPS) is 18.0. The molecule has 0 aliphatic carbocycles. The van der Waals surface area contributed by atoms with Gasteiger partial charge in [0.1, 0.15) is 5.75 Å². The van der Waals surface area contributed by atoms with Crippen molar-refractivity contribution >= 4 is 30.2 Å². The first-order valence-electron chi connectivity index (χ1n) is 9.12. The van der Waals surface area contributed by atoms with Crippen LogP contribution in [0.15, 0.2) is 24.3 Å². The summed E-state index contributed by atoms with van der Waals surface area (Å²) in [5, 5.41) is 5.62. The van der Waals surface area contributed by atoms with Gasteiger partial charge < -0.3 is 25.8 Å². The minimum Gasteiger partial charge on any atom is -0.493 e. The second-order valence-corrected chi connectivity index (χ2v) is 6.47. The summed E-state index contributed by atoms with van der Waals surface area (Å²) in [4.78, 5) is 35.8. The summed E-state index contributed by atoms with van der Waals surface area (Å²) in [6.45, 7) is 1.38. The van der Waals surface area contributed by atoms with Gasteiger partial charge >= 0.3 is 5.97 Å². The molecule has 8 nitrogen and oxygen atoms in total. The summed E-state index contributed by atoms with van der Waals surface area (Å²) < 4.78 is 10.3. The number of benzene rings is 1. The van der Waals surface area contributed by atoms with Crippen LogP contribution in [0.1, 0.15) is 36.0 Å². The molecule has 2 amide bonds. The number of carbonyl (C=O) groups is 3. The van der Waals surface area contributed by atoms with Gasteiger partial charge in [0.2, 0.25) is 5.91 Å². The van der Waals surface area contributed by atoms with Gasteiger partial charge in [-0.25, -0.2) is 0 Å². The molecule has 4 N–H and O–H groups in total. The molecular weight excluding hydrogens is 386 g/mol. The lowest BCUT2D eigenvalue weighted by molar-refractivity contribution is -0.143. The second-order valence-electron chi connectivity index (χ2n) is 6.47. The highest BCUT2D eigenvalue weighted by molar-refractivity contribution is 5.97. The van der Waals surface area contributed by atoms with Crippen molar-refractivity contribution in [2.24, 2.45) is 11.7 Å². The van der Waals surface area contributed by atoms with Crippen molar-refractivity contribution in [3.8, 4) is 5.75 Å². The number of halogens is 1. The lowest BCUT2D eigenvalue weighted by Gasteiger charge is -2.14. The summed E-state index contributed by atoms with van der Waals surface area (Å²) >= 11 is 0. The van der Waals surface area contributed by atoms with Gasteiger partial charge in [-0.1, -0.05) is 12.1 Å². The van der Waals surface area contributed by atoms with Crippen molar-refractivity contribution < 1.29 is 23.9 Å². The number of unbranched alkanes of at least 4 members (excludes halogenated alkanes) is 1. The van der Waals surface area contributed by atoms with Gasteiger partial charge in [0.25, 0.3) is 5.91 Å². The number of esters is 1. The minimum absolute atomic E-state index is 0. The van der Waals surface area contributed by atoms with Gasteiger partial charge in [0, 0.05) is 12.6 Å². The zero-order chi connectivity index (χ0) is 19.6. The number of amides is 2. The van der Waals surface area contributed by atoms with Crippen LogP contribution < -0.4 is 21.1 Å². The fourth-order valence-corrected chi connectivity index (χ4v) is 2.94. The summed E-state index contributed by atoms with van der Waals surface area (Å²) in [6, 6.07) is 6.81. The van der Waals surface area contributed by atoms with E-state index in [1.54, 1.807) is 18.2 Å². The monoisotopic (exact) mass is 413 g/mol. The van der Waals surface area contributed by atoms with Crippen LogP contribution in [0, 0.1) is 5.92 Å². The number of hydrogen-bond donors (Lipinski definition) is 3. The minimum atomic E-state index is -0.419. The SMILES string of the molecule is COC(=O)C[C@@H]1C[C@@H](CNC(=O)c2ccccc2OCCCCN)NC1=O.Cl. The Morgan fingerprint density at radius 2 is 2.04 bits per heavy atom. The van der Waals surface area contributed by atoms with E-state index in [1.165, 1.54) is 7.11 Å². The van der Waals surface area contributed by atoms with Crippen molar-refractivity contribution in [2.45, 2.75) is 31.7 Å². The van der Waals surface area contributed by atoms with Crippen molar-refractivity contribution in [1.29, 1.82) is 0 Å². The molecule has 156 valence electrons. The van der Waals surface area contributed by atoms with E-state index in [9.17, 15) is 14.4 Å². The van der Waals surface area contributed by atoms with Gasteiger partial charge in [-0.3, -0.25) is 14.4 Å². The maximum atomic E-state index is 12.5. The van der Waals surface area contributed by atoms with Crippen LogP contribution in [0.3, 0.4) is 0 Å². The van der Waals surface area contributed by atoms with E-state index in [0.717, 1.165) is 12.8 Å². The third kappa shape index (κ3) is 7.01. The van der Waals surface area contributed by atoms with Crippen LogP contribution in [-0.4, -0.2) is 50.6 Å². The van der Waals surface area contributed by atoms with Gasteiger partial charge in [-0.15, -0.1) is 12.4 Å². The maximum Gasteiger partial charge on any atom is 0.306 e. The zero-order valence-corrected chi connectivity index (χ0v) is 16.8. The molecular formula is C19H28ClN3O5. The largest absolute Gasteiger partial charge is 0.493 e. The lowest BCUT2D eigenvalue weighted by Crippen LogP contribution is -2.38. The molecule has 1 aromatic rings. The predicted octanol–water partition coefficient (Wildman–Crippen LogP) is 1.02. The van der Waals surface area contributed by atoms with E-state index in [2.05, 4.69) is 15.4 Å². The third-order valence-electron chi connectivity index (χ3n) is 4.42. The highest BCUT2D eigenvalue weighted by Crippen LogP contribution is 2.20. The predicted molar refractivity (Wildman–Crippen MR) is 106 cm³/mol. The number of nitrogens with one attached hydrogen (secondary N) is 2. The zero-order valence-electron chi connectivity index (χ0n) is 15.9. The fraction of sp³-hybridized carbons (Fsp3) is 0.526. The van der Waals surface area contributed by atoms with Crippen LogP contribution in [0.4, 0.5) is 0 Å². The van der Waals surface area contributed by atoms with Gasteiger partial charge in [-0.05, 0) is 37.9 Å². The molecule has 1 aromatic carbocycles. The molecule has 1 saturated heterocycles. The second kappa shape index (κ2) is 12.2. The number of nitrogens with two attached hydrogens (primary N) is 1. The molecule has 0 unspecified atom stereocenters. The Morgan fingerprint density at radius 3 is 2.75 bits per heavy atom. The third-order valence-corrected chi connectivity index (χ3v) is 4.42. The Hall–Kier alpha value is -2.32. The first-order valence-corrected chi connectivity index (χ1v) is 9.12. The van der Waals surface area contributed by atoms with E-state index in [0.29, 0.717) is 30.9 Å². The first-order chi connectivity index (χ1) is 13.0. The van der Waals surface area contributed by atoms with Crippen molar-refractivity contribution in [3.05, 3.63) is 29.8 Å². The number of rotatable bonds is 10. The Bertz CT molecular complexity index is 671. The summed E-state index contributed by atoms with van der Waals surface area (Å²) in [5.41, 5.74) is 5.91. The molecule has 0 saturated carbocycles. The number of hydrogen-bond acceptors (Lipinski definition) is 6. The van der Waals surface area contributed by atoms with Gasteiger partial charge in [0.05, 0.1) is 31.6 Å². The summed E-state index contributed by atoms with van der Waals surface area (Å²) in [7, 11) is 1.29. The molecule has 1 fully saturated rings. The Balaban J connectivity index is 0.00000392. The van der Waals surface area contributed by atoms with Crippen molar-refractivity contribution in [2.75, 3.05) is 26.8 Å². The van der Waals surface area contributed by atoms with Gasteiger partial charge in [0.15, 0.2) is 0 Å². The van der Waals surface area contributed by atoms with Crippen LogP contribution >= 0.6 is 12.4 Å². The Labute approximate surface area is 170 Å². The smallest absolute Gasteiger partial charge is 0.306 e. The number of ether oxygens (including phenoxy) is 2. The molecule has 1 heterocycles. The highest BCUT2D eigenvalue weighted by Gasteiger charge is 2.33. The van der Waals surface area contributed by atoms with Crippen LogP contribution in [0.2, 0.25) is 0 Å². The van der Waals surface area contributed by atoms with Crippen molar-refractivity contribution in [1.82, 2.24) is 10.6 Å². The molecule has 0 bridgehead atoms. The quantitative estimate of drug-likeness (QED) is 0.389. The molecule has 28 heavy (non-hydrogen) atoms. The number of para-hydroxylation sites is 1. The molecule has 2 atom stereocenters. The van der Waals surface area contributed by atoms with Crippen LogP contribution in [0.25, 0.3) is 0 Å². The fourth-order valence-electron chi connectivity index (χ4n) is 2.94. The number of methoxy groups -OCH3 is 1. The van der Waals surface area contributed by atoms with Crippen molar-refractivity contribution in [3.63, 3.8) is 0 Å². The van der Waals surface area contributed by atoms with E-state index in [-0.39, 0.29) is 43.2 Å². The molecule has 1 aliphatic rings.